The molecule has 0 aromatic carbocycles. The first kappa shape index (κ1) is 17.1. The predicted octanol–water partition coefficient (Wildman–Crippen LogP) is 5.83. The van der Waals surface area contributed by atoms with Crippen molar-refractivity contribution in [3.8, 4) is 0 Å². The number of rotatable bonds is 6. The van der Waals surface area contributed by atoms with Crippen LogP contribution in [0.15, 0.2) is 12.2 Å². The molecule has 0 fully saturated rings. The molecule has 0 amide bonds. The Morgan fingerprint density at radius 3 is 1.73 bits per heavy atom. The molecule has 0 aliphatic carbocycles. The van der Waals surface area contributed by atoms with E-state index in [2.05, 4.69) is 53.7 Å². The molecular formula is C15H32. The van der Waals surface area contributed by atoms with Crippen molar-refractivity contribution >= 4 is 0 Å². The number of hydrogen-bond donors (Lipinski definition) is 0. The molecule has 0 N–H and O–H groups in total. The molecule has 0 bridgehead atoms. The molecule has 0 nitrogen and oxygen atoms in total. The zero-order valence-corrected chi connectivity index (χ0v) is 11.8. The van der Waals surface area contributed by atoms with Crippen molar-refractivity contribution in [2.75, 3.05) is 0 Å². The largest absolute Gasteiger partial charge is 0.0885 e. The smallest absolute Gasteiger partial charge is 0.0260 e. The highest BCUT2D eigenvalue weighted by atomic mass is 14.0. The van der Waals surface area contributed by atoms with Crippen LogP contribution >= 0.6 is 0 Å². The number of allylic oxidation sites excluding steroid dienone is 2. The van der Waals surface area contributed by atoms with Crippen LogP contribution in [-0.2, 0) is 0 Å². The van der Waals surface area contributed by atoms with Crippen LogP contribution in [0.5, 0.6) is 0 Å². The molecule has 15 heavy (non-hydrogen) atoms. The van der Waals surface area contributed by atoms with E-state index in [4.69, 9.17) is 0 Å². The van der Waals surface area contributed by atoms with Gasteiger partial charge in [0, 0.05) is 0 Å². The second-order valence-corrected chi connectivity index (χ2v) is 4.80. The Balaban J connectivity index is 0. The van der Waals surface area contributed by atoms with Crippen molar-refractivity contribution in [3.05, 3.63) is 12.2 Å². The van der Waals surface area contributed by atoms with Crippen molar-refractivity contribution in [1.29, 1.82) is 0 Å². The van der Waals surface area contributed by atoms with E-state index in [1.54, 1.807) is 0 Å². The lowest BCUT2D eigenvalue weighted by atomic mass is 9.98. The van der Waals surface area contributed by atoms with E-state index in [-0.39, 0.29) is 0 Å². The third-order valence-corrected chi connectivity index (χ3v) is 2.25. The van der Waals surface area contributed by atoms with E-state index in [1.165, 1.54) is 32.1 Å². The summed E-state index contributed by atoms with van der Waals surface area (Å²) >= 11 is 0. The van der Waals surface area contributed by atoms with Crippen molar-refractivity contribution in [1.82, 2.24) is 0 Å². The van der Waals surface area contributed by atoms with Crippen LogP contribution in [0.3, 0.4) is 0 Å². The monoisotopic (exact) mass is 212 g/mol. The zero-order valence-electron chi connectivity index (χ0n) is 11.8. The second kappa shape index (κ2) is 13.7. The number of unbranched alkanes of at least 4 members (excludes halogenated alkanes) is 2. The molecule has 0 saturated heterocycles. The third kappa shape index (κ3) is 20.0. The Morgan fingerprint density at radius 1 is 0.933 bits per heavy atom. The molecule has 0 rings (SSSR count). The topological polar surface area (TPSA) is 0 Å². The van der Waals surface area contributed by atoms with Gasteiger partial charge in [-0.25, -0.2) is 0 Å². The molecule has 0 aromatic heterocycles. The molecule has 0 spiro atoms. The Labute approximate surface area is 98.2 Å². The third-order valence-electron chi connectivity index (χ3n) is 2.25. The van der Waals surface area contributed by atoms with Gasteiger partial charge < -0.3 is 0 Å². The summed E-state index contributed by atoms with van der Waals surface area (Å²) < 4.78 is 0. The maximum Gasteiger partial charge on any atom is -0.0260 e. The Hall–Kier alpha value is -0.260. The van der Waals surface area contributed by atoms with Crippen LogP contribution in [-0.4, -0.2) is 0 Å². The van der Waals surface area contributed by atoms with Crippen LogP contribution in [0.1, 0.15) is 73.6 Å². The van der Waals surface area contributed by atoms with Gasteiger partial charge in [0.2, 0.25) is 0 Å². The molecule has 0 aliphatic heterocycles. The van der Waals surface area contributed by atoms with Gasteiger partial charge in [0.1, 0.15) is 0 Å². The quantitative estimate of drug-likeness (QED) is 0.486. The van der Waals surface area contributed by atoms with Gasteiger partial charge in [-0.05, 0) is 24.7 Å². The van der Waals surface area contributed by atoms with E-state index in [9.17, 15) is 0 Å². The minimum atomic E-state index is 0.764. The highest BCUT2D eigenvalue weighted by molar-refractivity contribution is 4.85. The normalized spacial score (nSPS) is 12.7. The van der Waals surface area contributed by atoms with E-state index >= 15 is 0 Å². The molecule has 0 heteroatoms. The second-order valence-electron chi connectivity index (χ2n) is 4.80. The van der Waals surface area contributed by atoms with Crippen molar-refractivity contribution in [3.63, 3.8) is 0 Å². The van der Waals surface area contributed by atoms with Gasteiger partial charge in [-0.2, -0.15) is 0 Å². The van der Waals surface area contributed by atoms with Crippen LogP contribution in [0.2, 0.25) is 0 Å². The molecule has 0 heterocycles. The molecule has 0 radical (unpaired) electrons. The fourth-order valence-corrected chi connectivity index (χ4v) is 1.54. The summed E-state index contributed by atoms with van der Waals surface area (Å²) in [6, 6.07) is 0. The fraction of sp³-hybridized carbons (Fsp3) is 0.867. The molecule has 1 unspecified atom stereocenters. The van der Waals surface area contributed by atoms with Gasteiger partial charge in [0.15, 0.2) is 0 Å². The highest BCUT2D eigenvalue weighted by Gasteiger charge is 1.99. The van der Waals surface area contributed by atoms with Crippen molar-refractivity contribution in [2.45, 2.75) is 73.6 Å². The summed E-state index contributed by atoms with van der Waals surface area (Å²) in [4.78, 5) is 0. The van der Waals surface area contributed by atoms with E-state index in [0.29, 0.717) is 0 Å². The SMILES string of the molecule is CC/C=C\C(C)CC(C)C.CCCCC. The Kier molecular flexibility index (Phi) is 15.7. The first-order chi connectivity index (χ1) is 7.08. The van der Waals surface area contributed by atoms with Gasteiger partial charge in [-0.1, -0.05) is 73.0 Å². The highest BCUT2D eigenvalue weighted by Crippen LogP contribution is 2.11. The summed E-state index contributed by atoms with van der Waals surface area (Å²) in [5.74, 6) is 1.59. The molecule has 0 saturated carbocycles. The van der Waals surface area contributed by atoms with E-state index < -0.39 is 0 Å². The summed E-state index contributed by atoms with van der Waals surface area (Å²) in [5, 5.41) is 0. The summed E-state index contributed by atoms with van der Waals surface area (Å²) in [6.07, 6.45) is 11.1. The summed E-state index contributed by atoms with van der Waals surface area (Å²) in [5.41, 5.74) is 0. The average molecular weight is 212 g/mol. The maximum absolute atomic E-state index is 2.32. The van der Waals surface area contributed by atoms with Crippen LogP contribution in [0, 0.1) is 11.8 Å². The maximum atomic E-state index is 2.32. The van der Waals surface area contributed by atoms with Crippen molar-refractivity contribution in [2.24, 2.45) is 11.8 Å². The standard InChI is InChI=1S/C10H20.C5H12/c1-5-6-7-10(4)8-9(2)3;1-3-5-4-2/h6-7,9-10H,5,8H2,1-4H3;3-5H2,1-2H3/b7-6-;. The molecule has 92 valence electrons. The molecule has 1 atom stereocenters. The molecular weight excluding hydrogens is 180 g/mol. The van der Waals surface area contributed by atoms with E-state index in [0.717, 1.165) is 11.8 Å². The molecule has 0 aromatic rings. The zero-order chi connectivity index (χ0) is 12.1. The van der Waals surface area contributed by atoms with Gasteiger partial charge in [0.25, 0.3) is 0 Å². The lowest BCUT2D eigenvalue weighted by Gasteiger charge is -2.08. The van der Waals surface area contributed by atoms with Gasteiger partial charge >= 0.3 is 0 Å². The van der Waals surface area contributed by atoms with Crippen LogP contribution in [0.25, 0.3) is 0 Å². The van der Waals surface area contributed by atoms with Gasteiger partial charge in [0.05, 0.1) is 0 Å². The predicted molar refractivity (Wildman–Crippen MR) is 73.2 cm³/mol. The summed E-state index contributed by atoms with van der Waals surface area (Å²) in [7, 11) is 0. The van der Waals surface area contributed by atoms with Crippen molar-refractivity contribution < 1.29 is 0 Å². The van der Waals surface area contributed by atoms with Gasteiger partial charge in [-0.15, -0.1) is 0 Å². The molecule has 0 aliphatic rings. The average Bonchev–Trinajstić information content (AvgIpc) is 2.16. The first-order valence-corrected chi connectivity index (χ1v) is 6.74. The minimum Gasteiger partial charge on any atom is -0.0885 e. The Bertz CT molecular complexity index is 120. The lowest BCUT2D eigenvalue weighted by Crippen LogP contribution is -1.95. The number of hydrogen-bond acceptors (Lipinski definition) is 0. The van der Waals surface area contributed by atoms with Crippen LogP contribution < -0.4 is 0 Å². The first-order valence-electron chi connectivity index (χ1n) is 6.74. The summed E-state index contributed by atoms with van der Waals surface area (Å²) in [6.45, 7) is 13.4. The van der Waals surface area contributed by atoms with E-state index in [1.807, 2.05) is 0 Å². The minimum absolute atomic E-state index is 0.764. The fourth-order valence-electron chi connectivity index (χ4n) is 1.54. The Morgan fingerprint density at radius 2 is 1.47 bits per heavy atom. The van der Waals surface area contributed by atoms with Gasteiger partial charge in [-0.3, -0.25) is 0 Å². The van der Waals surface area contributed by atoms with Crippen LogP contribution in [0.4, 0.5) is 0 Å². The lowest BCUT2D eigenvalue weighted by molar-refractivity contribution is 0.502.